The highest BCUT2D eigenvalue weighted by atomic mass is 35.5. The minimum absolute atomic E-state index is 0.135. The van der Waals surface area contributed by atoms with Crippen molar-refractivity contribution in [1.82, 2.24) is 5.32 Å². The van der Waals surface area contributed by atoms with E-state index in [9.17, 15) is 9.59 Å². The van der Waals surface area contributed by atoms with Gasteiger partial charge in [-0.15, -0.1) is 0 Å². The second-order valence-corrected chi connectivity index (χ2v) is 5.44. The maximum atomic E-state index is 11.4. The lowest BCUT2D eigenvalue weighted by Gasteiger charge is -2.19. The molecule has 0 atom stereocenters. The van der Waals surface area contributed by atoms with Crippen molar-refractivity contribution in [2.24, 2.45) is 0 Å². The number of aldehydes is 1. The maximum Gasteiger partial charge on any atom is 0.408 e. The summed E-state index contributed by atoms with van der Waals surface area (Å²) in [6, 6.07) is 4.85. The summed E-state index contributed by atoms with van der Waals surface area (Å²) in [7, 11) is 0. The number of carbonyl (C=O) groups is 2. The predicted molar refractivity (Wildman–Crippen MR) is 78.0 cm³/mol. The van der Waals surface area contributed by atoms with E-state index in [1.54, 1.807) is 39.0 Å². The Labute approximate surface area is 123 Å². The van der Waals surface area contributed by atoms with Crippen LogP contribution in [0.5, 0.6) is 0 Å². The first-order chi connectivity index (χ1) is 9.31. The Balaban J connectivity index is 2.59. The van der Waals surface area contributed by atoms with E-state index in [0.29, 0.717) is 22.4 Å². The van der Waals surface area contributed by atoms with E-state index in [-0.39, 0.29) is 6.54 Å². The number of carbonyl (C=O) groups excluding carboxylic acids is 2. The fourth-order valence-corrected chi connectivity index (χ4v) is 1.50. The van der Waals surface area contributed by atoms with Gasteiger partial charge in [0.1, 0.15) is 5.60 Å². The molecule has 4 nitrogen and oxygen atoms in total. The number of hydrogen-bond donors (Lipinski definition) is 1. The highest BCUT2D eigenvalue weighted by Crippen LogP contribution is 2.13. The van der Waals surface area contributed by atoms with Crippen molar-refractivity contribution in [2.45, 2.75) is 26.4 Å². The van der Waals surface area contributed by atoms with Crippen LogP contribution in [0.2, 0.25) is 5.02 Å². The van der Waals surface area contributed by atoms with Crippen LogP contribution in [0.3, 0.4) is 0 Å². The van der Waals surface area contributed by atoms with Gasteiger partial charge in [-0.1, -0.05) is 23.4 Å². The van der Waals surface area contributed by atoms with Gasteiger partial charge < -0.3 is 10.1 Å². The molecule has 0 bridgehead atoms. The van der Waals surface area contributed by atoms with Gasteiger partial charge in [0.25, 0.3) is 0 Å². The number of nitrogens with one attached hydrogen (secondary N) is 1. The average molecular weight is 294 g/mol. The molecule has 5 heteroatoms. The highest BCUT2D eigenvalue weighted by molar-refractivity contribution is 6.30. The molecule has 1 N–H and O–H groups in total. The van der Waals surface area contributed by atoms with E-state index in [0.717, 1.165) is 0 Å². The number of halogens is 1. The summed E-state index contributed by atoms with van der Waals surface area (Å²) in [6.45, 7) is 5.48. The molecular weight excluding hydrogens is 278 g/mol. The quantitative estimate of drug-likeness (QED) is 0.673. The van der Waals surface area contributed by atoms with Crippen molar-refractivity contribution >= 4 is 24.0 Å². The molecule has 0 aliphatic rings. The summed E-state index contributed by atoms with van der Waals surface area (Å²) >= 11 is 5.78. The molecule has 0 unspecified atom stereocenters. The largest absolute Gasteiger partial charge is 0.444 e. The second kappa shape index (κ2) is 6.97. The third-order valence-corrected chi connectivity index (χ3v) is 2.32. The molecular formula is C15H16ClNO3. The monoisotopic (exact) mass is 293 g/mol. The summed E-state index contributed by atoms with van der Waals surface area (Å²) in [6.07, 6.45) is 0.163. The molecule has 0 saturated heterocycles. The molecule has 0 spiro atoms. The first kappa shape index (κ1) is 16.1. The number of benzene rings is 1. The Morgan fingerprint density at radius 1 is 1.45 bits per heavy atom. The Kier molecular flexibility index (Phi) is 5.60. The minimum atomic E-state index is -0.543. The van der Waals surface area contributed by atoms with E-state index in [1.807, 2.05) is 0 Å². The predicted octanol–water partition coefficient (Wildman–Crippen LogP) is 3.03. The van der Waals surface area contributed by atoms with Gasteiger partial charge >= 0.3 is 6.09 Å². The first-order valence-corrected chi connectivity index (χ1v) is 6.40. The van der Waals surface area contributed by atoms with E-state index < -0.39 is 11.7 Å². The number of rotatable bonds is 2. The van der Waals surface area contributed by atoms with Gasteiger partial charge in [0, 0.05) is 16.1 Å². The van der Waals surface area contributed by atoms with Crippen molar-refractivity contribution in [3.63, 3.8) is 0 Å². The minimum Gasteiger partial charge on any atom is -0.444 e. The van der Waals surface area contributed by atoms with Crippen LogP contribution in [0.1, 0.15) is 36.7 Å². The summed E-state index contributed by atoms with van der Waals surface area (Å²) in [5, 5.41) is 2.99. The summed E-state index contributed by atoms with van der Waals surface area (Å²) in [5.41, 5.74) is 0.441. The Hall–Kier alpha value is -1.99. The third-order valence-electron chi connectivity index (χ3n) is 2.08. The van der Waals surface area contributed by atoms with Gasteiger partial charge in [-0.3, -0.25) is 4.79 Å². The smallest absolute Gasteiger partial charge is 0.408 e. The molecule has 0 heterocycles. The van der Waals surface area contributed by atoms with Gasteiger partial charge in [0.05, 0.1) is 6.54 Å². The van der Waals surface area contributed by atoms with Gasteiger partial charge in [0.2, 0.25) is 0 Å². The number of alkyl carbamates (subject to hydrolysis) is 1. The zero-order valence-electron chi connectivity index (χ0n) is 11.6. The molecule has 1 rings (SSSR count). The maximum absolute atomic E-state index is 11.4. The van der Waals surface area contributed by atoms with Gasteiger partial charge in [-0.05, 0) is 39.0 Å². The number of hydrogen-bond acceptors (Lipinski definition) is 3. The Morgan fingerprint density at radius 3 is 2.75 bits per heavy atom. The van der Waals surface area contributed by atoms with Crippen molar-refractivity contribution in [2.75, 3.05) is 6.54 Å². The van der Waals surface area contributed by atoms with Crippen molar-refractivity contribution in [3.8, 4) is 11.8 Å². The van der Waals surface area contributed by atoms with Crippen molar-refractivity contribution in [3.05, 3.63) is 34.3 Å². The molecule has 1 aromatic carbocycles. The lowest BCUT2D eigenvalue weighted by atomic mass is 10.1. The number of amides is 1. The summed E-state index contributed by atoms with van der Waals surface area (Å²) < 4.78 is 5.06. The SMILES string of the molecule is CC(C)(C)OC(=O)NCC#Cc1ccc(Cl)cc1C=O. The third kappa shape index (κ3) is 5.77. The fraction of sp³-hybridized carbons (Fsp3) is 0.333. The van der Waals surface area contributed by atoms with Gasteiger partial charge in [-0.25, -0.2) is 4.79 Å². The zero-order valence-corrected chi connectivity index (χ0v) is 12.4. The molecule has 0 aromatic heterocycles. The van der Waals surface area contributed by atoms with Crippen LogP contribution < -0.4 is 5.32 Å². The first-order valence-electron chi connectivity index (χ1n) is 6.02. The van der Waals surface area contributed by atoms with Crippen LogP contribution in [-0.2, 0) is 4.74 Å². The molecule has 106 valence electrons. The molecule has 20 heavy (non-hydrogen) atoms. The lowest BCUT2D eigenvalue weighted by molar-refractivity contribution is 0.0535. The number of ether oxygens (including phenoxy) is 1. The Morgan fingerprint density at radius 2 is 2.15 bits per heavy atom. The van der Waals surface area contributed by atoms with Gasteiger partial charge in [0.15, 0.2) is 6.29 Å². The van der Waals surface area contributed by atoms with E-state index in [4.69, 9.17) is 16.3 Å². The molecule has 0 aliphatic heterocycles. The van der Waals surface area contributed by atoms with E-state index >= 15 is 0 Å². The summed E-state index contributed by atoms with van der Waals surface area (Å²) in [5.74, 6) is 5.55. The zero-order chi connectivity index (χ0) is 15.2. The Bertz CT molecular complexity index is 565. The topological polar surface area (TPSA) is 55.4 Å². The van der Waals surface area contributed by atoms with E-state index in [1.165, 1.54) is 0 Å². The van der Waals surface area contributed by atoms with E-state index in [2.05, 4.69) is 17.2 Å². The van der Waals surface area contributed by atoms with Crippen LogP contribution in [0.25, 0.3) is 0 Å². The van der Waals surface area contributed by atoms with Gasteiger partial charge in [-0.2, -0.15) is 0 Å². The molecule has 0 saturated carbocycles. The van der Waals surface area contributed by atoms with Crippen LogP contribution in [0, 0.1) is 11.8 Å². The van der Waals surface area contributed by atoms with Crippen LogP contribution in [0.4, 0.5) is 4.79 Å². The average Bonchev–Trinajstić information content (AvgIpc) is 2.33. The molecule has 0 radical (unpaired) electrons. The summed E-state index contributed by atoms with van der Waals surface area (Å²) in [4.78, 5) is 22.2. The normalized spacial score (nSPS) is 10.2. The van der Waals surface area contributed by atoms with Crippen molar-refractivity contribution in [1.29, 1.82) is 0 Å². The second-order valence-electron chi connectivity index (χ2n) is 5.01. The van der Waals surface area contributed by atoms with Crippen LogP contribution >= 0.6 is 11.6 Å². The highest BCUT2D eigenvalue weighted by Gasteiger charge is 2.14. The fourth-order valence-electron chi connectivity index (χ4n) is 1.31. The lowest BCUT2D eigenvalue weighted by Crippen LogP contribution is -2.32. The molecule has 0 aliphatic carbocycles. The molecule has 1 amide bonds. The van der Waals surface area contributed by atoms with Crippen molar-refractivity contribution < 1.29 is 14.3 Å². The van der Waals surface area contributed by atoms with Crippen LogP contribution in [-0.4, -0.2) is 24.5 Å². The van der Waals surface area contributed by atoms with Crippen LogP contribution in [0.15, 0.2) is 18.2 Å². The molecule has 1 aromatic rings. The molecule has 0 fully saturated rings. The standard InChI is InChI=1S/C15H16ClNO3/c1-15(2,3)20-14(19)17-8-4-5-11-6-7-13(16)9-12(11)10-18/h6-7,9-10H,8H2,1-3H3,(H,17,19).